The van der Waals surface area contributed by atoms with Crippen LogP contribution in [-0.4, -0.2) is 60.3 Å². The number of hydrogen-bond donors (Lipinski definition) is 1. The summed E-state index contributed by atoms with van der Waals surface area (Å²) in [5.41, 5.74) is 3.02. The Kier molecular flexibility index (Phi) is 8.44. The number of nitrogens with one attached hydrogen (secondary N) is 1. The molecule has 2 aliphatic rings. The van der Waals surface area contributed by atoms with E-state index in [4.69, 9.17) is 26.2 Å². The second kappa shape index (κ2) is 11.8. The quantitative estimate of drug-likeness (QED) is 0.407. The predicted molar refractivity (Wildman–Crippen MR) is 159 cm³/mol. The van der Waals surface area contributed by atoms with Crippen LogP contribution in [0, 0.1) is 0 Å². The number of amides is 2. The smallest absolute Gasteiger partial charge is 0.240 e. The van der Waals surface area contributed by atoms with Crippen molar-refractivity contribution >= 4 is 41.0 Å². The number of carbonyl (C=O) groups excluding carboxylic acids is 2. The molecule has 1 aromatic heterocycles. The molecule has 5 rings (SSSR count). The summed E-state index contributed by atoms with van der Waals surface area (Å²) < 4.78 is 13.2. The van der Waals surface area contributed by atoms with Gasteiger partial charge in [-0.15, -0.1) is 11.8 Å². The van der Waals surface area contributed by atoms with Gasteiger partial charge in [-0.3, -0.25) is 14.5 Å². The van der Waals surface area contributed by atoms with Crippen LogP contribution >= 0.6 is 23.4 Å². The molecule has 3 heterocycles. The molecule has 212 valence electrons. The summed E-state index contributed by atoms with van der Waals surface area (Å²) in [5.74, 6) is 1.09. The van der Waals surface area contributed by atoms with Gasteiger partial charge in [0.1, 0.15) is 18.1 Å². The molecule has 2 atom stereocenters. The Hall–Kier alpha value is -3.01. The lowest BCUT2D eigenvalue weighted by molar-refractivity contribution is -0.123. The van der Waals surface area contributed by atoms with Gasteiger partial charge < -0.3 is 14.8 Å². The number of para-hydroxylation sites is 1. The van der Waals surface area contributed by atoms with Gasteiger partial charge >= 0.3 is 0 Å². The topological polar surface area (TPSA) is 85.7 Å². The van der Waals surface area contributed by atoms with Crippen LogP contribution < -0.4 is 15.0 Å². The number of anilines is 1. The summed E-state index contributed by atoms with van der Waals surface area (Å²) in [6.45, 7) is 7.32. The van der Waals surface area contributed by atoms with Crippen molar-refractivity contribution in [2.75, 3.05) is 37.5 Å². The van der Waals surface area contributed by atoms with Crippen LogP contribution in [0.25, 0.3) is 5.69 Å². The number of rotatable bonds is 7. The van der Waals surface area contributed by atoms with Crippen LogP contribution in [0.2, 0.25) is 5.02 Å². The first-order valence-corrected chi connectivity index (χ1v) is 14.9. The third kappa shape index (κ3) is 5.87. The Morgan fingerprint density at radius 3 is 2.73 bits per heavy atom. The molecule has 0 aliphatic carbocycles. The van der Waals surface area contributed by atoms with Crippen LogP contribution in [-0.2, 0) is 19.7 Å². The average molecular weight is 583 g/mol. The number of aromatic nitrogens is 2. The van der Waals surface area contributed by atoms with Crippen LogP contribution in [0.4, 0.5) is 5.82 Å². The Morgan fingerprint density at radius 2 is 2.02 bits per heavy atom. The highest BCUT2D eigenvalue weighted by molar-refractivity contribution is 8.00. The molecule has 1 N–H and O–H groups in total. The molecular weight excluding hydrogens is 548 g/mol. The van der Waals surface area contributed by atoms with Crippen molar-refractivity contribution in [1.29, 1.82) is 0 Å². The number of carbonyl (C=O) groups is 2. The molecule has 2 unspecified atom stereocenters. The Morgan fingerprint density at radius 1 is 1.23 bits per heavy atom. The lowest BCUT2D eigenvalue weighted by Gasteiger charge is -2.25. The monoisotopic (exact) mass is 582 g/mol. The van der Waals surface area contributed by atoms with Gasteiger partial charge in [-0.25, -0.2) is 4.68 Å². The zero-order chi connectivity index (χ0) is 28.4. The first-order chi connectivity index (χ1) is 19.2. The van der Waals surface area contributed by atoms with E-state index in [-0.39, 0.29) is 40.9 Å². The number of methoxy groups -OCH3 is 1. The molecule has 0 bridgehead atoms. The van der Waals surface area contributed by atoms with Crippen molar-refractivity contribution in [3.63, 3.8) is 0 Å². The van der Waals surface area contributed by atoms with Crippen LogP contribution in [0.1, 0.15) is 55.7 Å². The number of ether oxygens (including phenoxy) is 2. The number of thioether (sulfide) groups is 1. The lowest BCUT2D eigenvalue weighted by Crippen LogP contribution is -2.44. The number of hydrogen-bond acceptors (Lipinski definition) is 6. The normalized spacial score (nSPS) is 19.3. The van der Waals surface area contributed by atoms with Gasteiger partial charge in [-0.2, -0.15) is 5.10 Å². The molecule has 1 fully saturated rings. The lowest BCUT2D eigenvalue weighted by atomic mass is 9.87. The van der Waals surface area contributed by atoms with Crippen molar-refractivity contribution in [3.05, 3.63) is 70.4 Å². The maximum atomic E-state index is 13.8. The Balaban J connectivity index is 1.67. The van der Waals surface area contributed by atoms with E-state index in [2.05, 4.69) is 26.1 Å². The second-order valence-electron chi connectivity index (χ2n) is 11.1. The molecule has 3 aromatic rings. The van der Waals surface area contributed by atoms with Gasteiger partial charge in [0, 0.05) is 34.7 Å². The highest BCUT2D eigenvalue weighted by Crippen LogP contribution is 2.50. The summed E-state index contributed by atoms with van der Waals surface area (Å²) in [6, 6.07) is 15.2. The summed E-state index contributed by atoms with van der Waals surface area (Å²) >= 11 is 7.93. The highest BCUT2D eigenvalue weighted by atomic mass is 35.5. The van der Waals surface area contributed by atoms with Crippen molar-refractivity contribution in [1.82, 2.24) is 15.1 Å². The standard InChI is InChI=1S/C30H35ClN4O4S/c1-30(2,3)28-26-27(22-12-5-6-13-23(22)38-4)40-18-25(37)34(17-24(36)32-16-21-11-8-14-39-21)29(26)35(33-28)20-10-7-9-19(31)15-20/h5-7,9-10,12-13,15,21,27H,8,11,14,16-18H2,1-4H3,(H,32,36). The molecule has 1 saturated heterocycles. The summed E-state index contributed by atoms with van der Waals surface area (Å²) in [5, 5.41) is 8.38. The predicted octanol–water partition coefficient (Wildman–Crippen LogP) is 5.30. The Bertz CT molecular complexity index is 1400. The molecule has 0 saturated carbocycles. The number of halogens is 1. The largest absolute Gasteiger partial charge is 0.496 e. The molecule has 0 spiro atoms. The summed E-state index contributed by atoms with van der Waals surface area (Å²) in [4.78, 5) is 28.6. The molecule has 2 aliphatic heterocycles. The zero-order valence-corrected chi connectivity index (χ0v) is 24.8. The van der Waals surface area contributed by atoms with E-state index < -0.39 is 0 Å². The van der Waals surface area contributed by atoms with Gasteiger partial charge in [-0.05, 0) is 37.1 Å². The minimum absolute atomic E-state index is 0.00862. The number of nitrogens with zero attached hydrogens (tertiary/aromatic N) is 3. The average Bonchev–Trinajstić information content (AvgIpc) is 3.57. The van der Waals surface area contributed by atoms with Crippen LogP contribution in [0.3, 0.4) is 0 Å². The van der Waals surface area contributed by atoms with Gasteiger partial charge in [-0.1, -0.05) is 56.6 Å². The van der Waals surface area contributed by atoms with Gasteiger partial charge in [0.2, 0.25) is 11.8 Å². The van der Waals surface area contributed by atoms with Crippen molar-refractivity contribution in [2.24, 2.45) is 0 Å². The van der Waals surface area contributed by atoms with E-state index in [1.54, 1.807) is 22.8 Å². The molecule has 8 nitrogen and oxygen atoms in total. The molecule has 10 heteroatoms. The van der Waals surface area contributed by atoms with Crippen LogP contribution in [0.5, 0.6) is 5.75 Å². The highest BCUT2D eigenvalue weighted by Gasteiger charge is 2.40. The first kappa shape index (κ1) is 28.5. The second-order valence-corrected chi connectivity index (χ2v) is 12.6. The third-order valence-corrected chi connectivity index (χ3v) is 8.60. The molecule has 2 amide bonds. The van der Waals surface area contributed by atoms with E-state index in [0.29, 0.717) is 29.7 Å². The van der Waals surface area contributed by atoms with E-state index in [1.165, 1.54) is 11.8 Å². The van der Waals surface area contributed by atoms with E-state index in [0.717, 1.165) is 35.4 Å². The van der Waals surface area contributed by atoms with E-state index in [1.807, 2.05) is 42.5 Å². The Labute approximate surface area is 244 Å². The van der Waals surface area contributed by atoms with E-state index in [9.17, 15) is 9.59 Å². The minimum atomic E-state index is -0.365. The molecular formula is C30H35ClN4O4S. The van der Waals surface area contributed by atoms with Gasteiger partial charge in [0.05, 0.1) is 35.6 Å². The molecule has 0 radical (unpaired) electrons. The van der Waals surface area contributed by atoms with E-state index >= 15 is 0 Å². The minimum Gasteiger partial charge on any atom is -0.496 e. The summed E-state index contributed by atoms with van der Waals surface area (Å²) in [6.07, 6.45) is 1.92. The fourth-order valence-electron chi connectivity index (χ4n) is 5.22. The van der Waals surface area contributed by atoms with Crippen molar-refractivity contribution < 1.29 is 19.1 Å². The maximum absolute atomic E-state index is 13.8. The number of benzene rings is 2. The fourth-order valence-corrected chi connectivity index (χ4v) is 6.63. The van der Waals surface area contributed by atoms with Crippen LogP contribution in [0.15, 0.2) is 48.5 Å². The van der Waals surface area contributed by atoms with Crippen molar-refractivity contribution in [3.8, 4) is 11.4 Å². The fraction of sp³-hybridized carbons (Fsp3) is 0.433. The molecule has 2 aromatic carbocycles. The molecule has 40 heavy (non-hydrogen) atoms. The van der Waals surface area contributed by atoms with Gasteiger partial charge in [0.15, 0.2) is 0 Å². The van der Waals surface area contributed by atoms with Crippen molar-refractivity contribution in [2.45, 2.75) is 50.4 Å². The van der Waals surface area contributed by atoms with Gasteiger partial charge in [0.25, 0.3) is 0 Å². The zero-order valence-electron chi connectivity index (χ0n) is 23.3. The SMILES string of the molecule is COc1ccccc1C1SCC(=O)N(CC(=O)NCC2CCCO2)c2c1c(C(C)(C)C)nn2-c1cccc(Cl)c1. The first-order valence-electron chi connectivity index (χ1n) is 13.5. The third-order valence-electron chi connectivity index (χ3n) is 7.13. The summed E-state index contributed by atoms with van der Waals surface area (Å²) in [7, 11) is 1.65. The number of fused-ring (bicyclic) bond motifs is 1. The maximum Gasteiger partial charge on any atom is 0.240 e.